The lowest BCUT2D eigenvalue weighted by Gasteiger charge is -2.39. The second kappa shape index (κ2) is 18.4. The normalized spacial score (nSPS) is 16.2. The first-order valence-corrected chi connectivity index (χ1v) is 20.5. The van der Waals surface area contributed by atoms with E-state index in [1.165, 1.54) is 16.7 Å². The highest BCUT2D eigenvalue weighted by Gasteiger charge is 2.34. The fourth-order valence-electron chi connectivity index (χ4n) is 8.07. The number of amides is 1. The van der Waals surface area contributed by atoms with E-state index >= 15 is 0 Å². The van der Waals surface area contributed by atoms with Gasteiger partial charge in [0.1, 0.15) is 5.60 Å². The summed E-state index contributed by atoms with van der Waals surface area (Å²) < 4.78 is 9.35. The van der Waals surface area contributed by atoms with Gasteiger partial charge in [-0.25, -0.2) is 4.79 Å². The van der Waals surface area contributed by atoms with Gasteiger partial charge < -0.3 is 15.0 Å². The lowest BCUT2D eigenvalue weighted by molar-refractivity contribution is 0.0115. The number of piperazine rings is 2. The predicted molar refractivity (Wildman–Crippen MR) is 228 cm³/mol. The van der Waals surface area contributed by atoms with Crippen molar-refractivity contribution < 1.29 is 9.53 Å². The van der Waals surface area contributed by atoms with E-state index in [0.717, 1.165) is 65.9 Å². The zero-order valence-corrected chi connectivity index (χ0v) is 35.3. The van der Waals surface area contributed by atoms with Crippen LogP contribution in [0.15, 0.2) is 97.1 Å². The Hall–Kier alpha value is -5.83. The number of para-hydroxylation sites is 2. The van der Waals surface area contributed by atoms with Gasteiger partial charge >= 0.3 is 6.09 Å². The number of hydrogen-bond donors (Lipinski definition) is 1. The fourth-order valence-corrected chi connectivity index (χ4v) is 8.07. The van der Waals surface area contributed by atoms with Crippen LogP contribution in [0.3, 0.4) is 0 Å². The molecule has 14 nitrogen and oxygen atoms in total. The van der Waals surface area contributed by atoms with E-state index in [4.69, 9.17) is 4.74 Å². The van der Waals surface area contributed by atoms with Gasteiger partial charge in [-0.15, -0.1) is 10.2 Å². The Labute approximate surface area is 347 Å². The first-order chi connectivity index (χ1) is 28.5. The minimum atomic E-state index is -0.506. The first kappa shape index (κ1) is 41.3. The molecule has 2 atom stereocenters. The zero-order valence-electron chi connectivity index (χ0n) is 35.3. The van der Waals surface area contributed by atoms with Crippen LogP contribution in [0.2, 0.25) is 0 Å². The molecule has 308 valence electrons. The summed E-state index contributed by atoms with van der Waals surface area (Å²) in [7, 11) is 0. The molecule has 6 aromatic rings. The predicted octanol–water partition coefficient (Wildman–Crippen LogP) is 6.19. The summed E-state index contributed by atoms with van der Waals surface area (Å²) >= 11 is 0. The SMILES string of the molecule is Cc1cccc(C)c1-n1nnnc1C(c1ccccc1)N1CCN(C(=O)OC(C)(C)C)CC1.Cc1cccc(C)c1-n1nnnc1C(c1ccccc1)N1CCNCC1. The maximum absolute atomic E-state index is 12.6. The van der Waals surface area contributed by atoms with Crippen molar-refractivity contribution in [2.45, 2.75) is 66.2 Å². The van der Waals surface area contributed by atoms with E-state index in [9.17, 15) is 4.79 Å². The summed E-state index contributed by atoms with van der Waals surface area (Å²) in [4.78, 5) is 19.1. The third kappa shape index (κ3) is 9.56. The van der Waals surface area contributed by atoms with E-state index in [1.807, 2.05) is 60.5 Å². The molecule has 0 saturated carbocycles. The van der Waals surface area contributed by atoms with Gasteiger partial charge in [0.15, 0.2) is 11.6 Å². The molecule has 0 radical (unpaired) electrons. The molecule has 4 heterocycles. The molecule has 1 amide bonds. The number of ether oxygens (including phenoxy) is 1. The van der Waals surface area contributed by atoms with E-state index in [-0.39, 0.29) is 18.2 Å². The van der Waals surface area contributed by atoms with Crippen LogP contribution in [0.4, 0.5) is 4.79 Å². The number of aryl methyl sites for hydroxylation is 4. The van der Waals surface area contributed by atoms with Gasteiger partial charge in [0.2, 0.25) is 0 Å². The topological polar surface area (TPSA) is 135 Å². The van der Waals surface area contributed by atoms with Crippen molar-refractivity contribution in [3.8, 4) is 11.4 Å². The van der Waals surface area contributed by atoms with Crippen LogP contribution >= 0.6 is 0 Å². The van der Waals surface area contributed by atoms with Crippen molar-refractivity contribution in [1.82, 2.24) is 60.4 Å². The van der Waals surface area contributed by atoms with Crippen LogP contribution in [0.25, 0.3) is 11.4 Å². The average molecular weight is 797 g/mol. The molecule has 0 bridgehead atoms. The minimum absolute atomic E-state index is 0.0345. The summed E-state index contributed by atoms with van der Waals surface area (Å²) in [6, 6.07) is 33.2. The van der Waals surface area contributed by atoms with Gasteiger partial charge in [-0.3, -0.25) is 9.80 Å². The molecule has 2 saturated heterocycles. The van der Waals surface area contributed by atoms with Crippen molar-refractivity contribution in [2.24, 2.45) is 0 Å². The van der Waals surface area contributed by atoms with Crippen molar-refractivity contribution >= 4 is 6.09 Å². The molecule has 2 fully saturated rings. The lowest BCUT2D eigenvalue weighted by atomic mass is 10.0. The second-order valence-corrected chi connectivity index (χ2v) is 16.3. The summed E-state index contributed by atoms with van der Waals surface area (Å²) in [6.07, 6.45) is -0.265. The smallest absolute Gasteiger partial charge is 0.410 e. The van der Waals surface area contributed by atoms with Crippen molar-refractivity contribution in [3.05, 3.63) is 142 Å². The molecule has 0 aliphatic carbocycles. The number of tetrazole rings is 2. The molecular formula is C45H56N12O2. The van der Waals surface area contributed by atoms with Crippen LogP contribution in [-0.4, -0.2) is 119 Å². The zero-order chi connectivity index (χ0) is 41.5. The van der Waals surface area contributed by atoms with Crippen LogP contribution in [0, 0.1) is 27.7 Å². The highest BCUT2D eigenvalue weighted by molar-refractivity contribution is 5.68. The summed E-state index contributed by atoms with van der Waals surface area (Å²) in [5.74, 6) is 1.64. The Morgan fingerprint density at radius 3 is 1.39 bits per heavy atom. The summed E-state index contributed by atoms with van der Waals surface area (Å²) in [5.41, 5.74) is 8.48. The van der Waals surface area contributed by atoms with Gasteiger partial charge in [0.05, 0.1) is 23.5 Å². The maximum Gasteiger partial charge on any atom is 0.410 e. The van der Waals surface area contributed by atoms with Crippen LogP contribution < -0.4 is 5.32 Å². The second-order valence-electron chi connectivity index (χ2n) is 16.3. The maximum atomic E-state index is 12.6. The lowest BCUT2D eigenvalue weighted by Crippen LogP contribution is -2.51. The third-order valence-corrected chi connectivity index (χ3v) is 10.9. The quantitative estimate of drug-likeness (QED) is 0.189. The number of nitrogens with zero attached hydrogens (tertiary/aromatic N) is 11. The highest BCUT2D eigenvalue weighted by Crippen LogP contribution is 2.32. The number of carbonyl (C=O) groups excluding carboxylic acids is 1. The number of hydrogen-bond acceptors (Lipinski definition) is 11. The third-order valence-electron chi connectivity index (χ3n) is 10.9. The number of aromatic nitrogens is 8. The monoisotopic (exact) mass is 796 g/mol. The molecule has 2 unspecified atom stereocenters. The van der Waals surface area contributed by atoms with E-state index in [2.05, 4.69) is 141 Å². The van der Waals surface area contributed by atoms with Crippen LogP contribution in [0.5, 0.6) is 0 Å². The number of nitrogens with one attached hydrogen (secondary N) is 1. The largest absolute Gasteiger partial charge is 0.444 e. The van der Waals surface area contributed by atoms with E-state index < -0.39 is 5.60 Å². The number of rotatable bonds is 8. The Kier molecular flexibility index (Phi) is 12.9. The molecule has 8 rings (SSSR count). The molecule has 2 aromatic heterocycles. The Bertz CT molecular complexity index is 2250. The molecule has 2 aliphatic heterocycles. The molecule has 0 spiro atoms. The Balaban J connectivity index is 0.000000184. The fraction of sp³-hybridized carbons (Fsp3) is 0.400. The molecular weight excluding hydrogens is 741 g/mol. The first-order valence-electron chi connectivity index (χ1n) is 20.5. The minimum Gasteiger partial charge on any atom is -0.444 e. The molecule has 59 heavy (non-hydrogen) atoms. The van der Waals surface area contributed by atoms with Crippen molar-refractivity contribution in [3.63, 3.8) is 0 Å². The standard InChI is InChI=1S/C25H32N6O2.C20H24N6/c1-18-10-9-11-19(2)21(18)31-23(26-27-28-31)22(20-12-7-6-8-13-20)29-14-16-30(17-15-29)24(32)33-25(3,4)5;1-15-7-6-8-16(2)18(15)26-20(22-23-24-26)19(17-9-4-3-5-10-17)25-13-11-21-12-14-25/h6-13,22H,14-17H2,1-5H3;3-10,19,21H,11-14H2,1-2H3. The van der Waals surface area contributed by atoms with Gasteiger partial charge in [0, 0.05) is 52.4 Å². The average Bonchev–Trinajstić information content (AvgIpc) is 3.90. The Morgan fingerprint density at radius 1 is 0.576 bits per heavy atom. The molecule has 1 N–H and O–H groups in total. The molecule has 2 aliphatic rings. The Morgan fingerprint density at radius 2 is 0.983 bits per heavy atom. The van der Waals surface area contributed by atoms with Gasteiger partial charge in [0.25, 0.3) is 0 Å². The van der Waals surface area contributed by atoms with Crippen LogP contribution in [0.1, 0.15) is 77.9 Å². The van der Waals surface area contributed by atoms with Gasteiger partial charge in [-0.1, -0.05) is 97.1 Å². The van der Waals surface area contributed by atoms with E-state index in [1.54, 1.807) is 4.90 Å². The van der Waals surface area contributed by atoms with Crippen molar-refractivity contribution in [1.29, 1.82) is 0 Å². The molecule has 14 heteroatoms. The van der Waals surface area contributed by atoms with Gasteiger partial charge in [-0.2, -0.15) is 9.36 Å². The highest BCUT2D eigenvalue weighted by atomic mass is 16.6. The van der Waals surface area contributed by atoms with Gasteiger partial charge in [-0.05, 0) is 103 Å². The number of carbonyl (C=O) groups is 1. The van der Waals surface area contributed by atoms with E-state index in [0.29, 0.717) is 26.2 Å². The number of benzene rings is 4. The van der Waals surface area contributed by atoms with Crippen molar-refractivity contribution in [2.75, 3.05) is 52.4 Å². The molecule has 4 aromatic carbocycles. The summed E-state index contributed by atoms with van der Waals surface area (Å²) in [6.45, 7) is 20.5. The summed E-state index contributed by atoms with van der Waals surface area (Å²) in [5, 5.41) is 29.2. The van der Waals surface area contributed by atoms with Crippen LogP contribution in [-0.2, 0) is 4.74 Å².